The van der Waals surface area contributed by atoms with E-state index in [1.807, 2.05) is 14.0 Å². The Morgan fingerprint density at radius 2 is 1.91 bits per heavy atom. The SMILES string of the molecule is CCNc1c2c(nc(NC(=O)Nc3ccc(OC)cc3)n3nc(-c4ccco4)nc23)nn1C.[Cl-]. The Morgan fingerprint density at radius 3 is 2.59 bits per heavy atom. The molecule has 0 bridgehead atoms. The van der Waals surface area contributed by atoms with Crippen LogP contribution < -0.4 is 33.1 Å². The van der Waals surface area contributed by atoms with Gasteiger partial charge in [-0.25, -0.2) is 9.78 Å². The number of methoxy groups -OCH3 is 1. The second-order valence-corrected chi connectivity index (χ2v) is 7.09. The largest absolute Gasteiger partial charge is 1.00 e. The highest BCUT2D eigenvalue weighted by atomic mass is 35.5. The fraction of sp³-hybridized carbons (Fsp3) is 0.190. The first-order valence-corrected chi connectivity index (χ1v) is 10.2. The van der Waals surface area contributed by atoms with Crippen LogP contribution in [0.3, 0.4) is 0 Å². The molecule has 2 amide bonds. The highest BCUT2D eigenvalue weighted by Gasteiger charge is 2.22. The summed E-state index contributed by atoms with van der Waals surface area (Å²) in [6.07, 6.45) is 1.55. The quantitative estimate of drug-likeness (QED) is 0.315. The number of carbonyl (C=O) groups is 1. The standard InChI is InChI=1S/C21H21N9O3.ClH/c1-4-22-18-15-17(27-29(18)2)25-20(26-21(31)23-12-7-9-13(32-3)10-8-12)30-19(15)24-16(28-30)14-6-5-11-33-14;/h5-11,22H,4H2,1-3H3,(H2,23,25,26,27,31);1H/p-1. The number of furan rings is 1. The number of nitrogens with one attached hydrogen (secondary N) is 3. The molecule has 0 fully saturated rings. The number of fused-ring (bicyclic) bond motifs is 3. The fourth-order valence-electron chi connectivity index (χ4n) is 3.46. The molecule has 0 saturated carbocycles. The minimum absolute atomic E-state index is 0. The predicted molar refractivity (Wildman–Crippen MR) is 123 cm³/mol. The Hall–Kier alpha value is -4.32. The van der Waals surface area contributed by atoms with Crippen molar-refractivity contribution in [3.8, 4) is 17.3 Å². The van der Waals surface area contributed by atoms with E-state index in [0.717, 1.165) is 5.82 Å². The van der Waals surface area contributed by atoms with Crippen molar-refractivity contribution in [2.24, 2.45) is 7.05 Å². The molecule has 4 aromatic heterocycles. The van der Waals surface area contributed by atoms with Gasteiger partial charge in [-0.05, 0) is 43.3 Å². The van der Waals surface area contributed by atoms with Crippen molar-refractivity contribution in [1.29, 1.82) is 0 Å². The van der Waals surface area contributed by atoms with Gasteiger partial charge in [-0.2, -0.15) is 14.6 Å². The number of amides is 2. The molecule has 0 saturated heterocycles. The molecular formula is C21H21ClN9O3-. The minimum atomic E-state index is -0.494. The van der Waals surface area contributed by atoms with E-state index in [1.54, 1.807) is 54.5 Å². The zero-order valence-electron chi connectivity index (χ0n) is 18.5. The highest BCUT2D eigenvalue weighted by molar-refractivity contribution is 6.03. The smallest absolute Gasteiger partial charge is 0.326 e. The summed E-state index contributed by atoms with van der Waals surface area (Å²) in [6, 6.07) is 9.99. The van der Waals surface area contributed by atoms with Gasteiger partial charge in [0, 0.05) is 19.3 Å². The Kier molecular flexibility index (Phi) is 6.23. The van der Waals surface area contributed by atoms with Crippen LogP contribution in [-0.4, -0.2) is 49.0 Å². The van der Waals surface area contributed by atoms with E-state index in [1.165, 1.54) is 4.52 Å². The zero-order chi connectivity index (χ0) is 22.9. The van der Waals surface area contributed by atoms with Crippen LogP contribution in [0.4, 0.5) is 22.2 Å². The lowest BCUT2D eigenvalue weighted by Crippen LogP contribution is -3.00. The van der Waals surface area contributed by atoms with Crippen LogP contribution in [0.15, 0.2) is 47.1 Å². The summed E-state index contributed by atoms with van der Waals surface area (Å²) < 4.78 is 13.8. The topological polar surface area (TPSA) is 136 Å². The molecule has 0 unspecified atom stereocenters. The van der Waals surface area contributed by atoms with E-state index in [-0.39, 0.29) is 18.4 Å². The average Bonchev–Trinajstić information content (AvgIpc) is 3.54. The molecule has 0 radical (unpaired) electrons. The van der Waals surface area contributed by atoms with Crippen molar-refractivity contribution in [2.45, 2.75) is 6.92 Å². The zero-order valence-corrected chi connectivity index (χ0v) is 19.3. The maximum Gasteiger partial charge on any atom is 0.326 e. The monoisotopic (exact) mass is 482 g/mol. The molecule has 1 aromatic carbocycles. The van der Waals surface area contributed by atoms with E-state index in [4.69, 9.17) is 9.15 Å². The van der Waals surface area contributed by atoms with Crippen LogP contribution in [0.1, 0.15) is 6.92 Å². The molecule has 176 valence electrons. The minimum Gasteiger partial charge on any atom is -1.00 e. The van der Waals surface area contributed by atoms with Crippen molar-refractivity contribution in [3.63, 3.8) is 0 Å². The Labute approximate surface area is 199 Å². The number of benzene rings is 1. The van der Waals surface area contributed by atoms with E-state index >= 15 is 0 Å². The number of carbonyl (C=O) groups excluding carboxylic acids is 1. The lowest BCUT2D eigenvalue weighted by Gasteiger charge is -2.09. The molecule has 34 heavy (non-hydrogen) atoms. The lowest BCUT2D eigenvalue weighted by atomic mass is 10.3. The maximum absolute atomic E-state index is 12.7. The number of aryl methyl sites for hydroxylation is 1. The summed E-state index contributed by atoms with van der Waals surface area (Å²) >= 11 is 0. The van der Waals surface area contributed by atoms with Gasteiger partial charge in [0.25, 0.3) is 0 Å². The summed E-state index contributed by atoms with van der Waals surface area (Å²) in [4.78, 5) is 21.9. The van der Waals surface area contributed by atoms with Crippen LogP contribution in [0.5, 0.6) is 5.75 Å². The molecular weight excluding hydrogens is 462 g/mol. The molecule has 5 aromatic rings. The first-order chi connectivity index (χ1) is 16.1. The molecule has 12 nitrogen and oxygen atoms in total. The summed E-state index contributed by atoms with van der Waals surface area (Å²) in [5.41, 5.74) is 1.49. The van der Waals surface area contributed by atoms with Crippen LogP contribution in [0, 0.1) is 0 Å². The molecule has 0 spiro atoms. The van der Waals surface area contributed by atoms with Gasteiger partial charge >= 0.3 is 6.03 Å². The normalized spacial score (nSPS) is 10.8. The van der Waals surface area contributed by atoms with Crippen molar-refractivity contribution < 1.29 is 26.4 Å². The van der Waals surface area contributed by atoms with Gasteiger partial charge in [-0.1, -0.05) is 0 Å². The van der Waals surface area contributed by atoms with Gasteiger partial charge in [-0.3, -0.25) is 10.00 Å². The molecule has 3 N–H and O–H groups in total. The van der Waals surface area contributed by atoms with Gasteiger partial charge in [-0.15, -0.1) is 5.10 Å². The molecule has 0 aliphatic heterocycles. The van der Waals surface area contributed by atoms with Crippen LogP contribution in [-0.2, 0) is 7.05 Å². The highest BCUT2D eigenvalue weighted by Crippen LogP contribution is 2.29. The summed E-state index contributed by atoms with van der Waals surface area (Å²) in [7, 11) is 3.39. The number of hydrogen-bond acceptors (Lipinski definition) is 8. The molecule has 4 heterocycles. The number of rotatable bonds is 6. The molecule has 5 rings (SSSR count). The van der Waals surface area contributed by atoms with Crippen LogP contribution in [0.2, 0.25) is 0 Å². The van der Waals surface area contributed by atoms with Gasteiger partial charge in [0.15, 0.2) is 17.1 Å². The first kappa shape index (κ1) is 22.9. The third-order valence-electron chi connectivity index (χ3n) is 4.93. The van der Waals surface area contributed by atoms with Gasteiger partial charge in [0.2, 0.25) is 11.8 Å². The van der Waals surface area contributed by atoms with E-state index in [0.29, 0.717) is 46.2 Å². The molecule has 13 heteroatoms. The van der Waals surface area contributed by atoms with Gasteiger partial charge in [0.05, 0.1) is 13.4 Å². The number of ether oxygens (including phenoxy) is 1. The van der Waals surface area contributed by atoms with E-state index in [2.05, 4.69) is 36.1 Å². The third kappa shape index (κ3) is 4.06. The first-order valence-electron chi connectivity index (χ1n) is 10.2. The number of anilines is 3. The third-order valence-corrected chi connectivity index (χ3v) is 4.93. The fourth-order valence-corrected chi connectivity index (χ4v) is 3.46. The Balaban J connectivity index is 0.00000274. The van der Waals surface area contributed by atoms with Crippen LogP contribution in [0.25, 0.3) is 28.3 Å². The predicted octanol–water partition coefficient (Wildman–Crippen LogP) is 0.359. The number of hydrogen-bond donors (Lipinski definition) is 3. The number of urea groups is 1. The van der Waals surface area contributed by atoms with Gasteiger partial charge < -0.3 is 32.2 Å². The summed E-state index contributed by atoms with van der Waals surface area (Å²) in [5.74, 6) is 2.45. The van der Waals surface area contributed by atoms with E-state index < -0.39 is 6.03 Å². The maximum atomic E-state index is 12.7. The van der Waals surface area contributed by atoms with Crippen molar-refractivity contribution in [2.75, 3.05) is 29.6 Å². The molecule has 0 atom stereocenters. The summed E-state index contributed by atoms with van der Waals surface area (Å²) in [6.45, 7) is 2.67. The Morgan fingerprint density at radius 1 is 1.12 bits per heavy atom. The van der Waals surface area contributed by atoms with Gasteiger partial charge in [0.1, 0.15) is 17.0 Å². The molecule has 0 aliphatic rings. The van der Waals surface area contributed by atoms with Crippen molar-refractivity contribution >= 4 is 40.2 Å². The van der Waals surface area contributed by atoms with Crippen LogP contribution >= 0.6 is 0 Å². The van der Waals surface area contributed by atoms with Crippen molar-refractivity contribution in [3.05, 3.63) is 42.7 Å². The van der Waals surface area contributed by atoms with E-state index in [9.17, 15) is 4.79 Å². The molecule has 0 aliphatic carbocycles. The summed E-state index contributed by atoms with van der Waals surface area (Å²) in [5, 5.41) is 18.5. The Bertz CT molecular complexity index is 1440. The number of aromatic nitrogens is 6. The number of nitrogens with zero attached hydrogens (tertiary/aromatic N) is 6. The number of halogens is 1. The average molecular weight is 483 g/mol. The lowest BCUT2D eigenvalue weighted by molar-refractivity contribution is -0.0000107. The second-order valence-electron chi connectivity index (χ2n) is 7.09. The second kappa shape index (κ2) is 9.27. The van der Waals surface area contributed by atoms with Crippen molar-refractivity contribution in [1.82, 2.24) is 29.4 Å².